The minimum absolute atomic E-state index is 0.222. The Morgan fingerprint density at radius 2 is 2.25 bits per heavy atom. The Morgan fingerprint density at radius 3 is 3.00 bits per heavy atom. The number of hydrogen-bond acceptors (Lipinski definition) is 4. The molecular formula is C14H15BrClNO3. The molecule has 0 aliphatic heterocycles. The highest BCUT2D eigenvalue weighted by Gasteiger charge is 2.07. The maximum atomic E-state index is 9.83. The van der Waals surface area contributed by atoms with Crippen molar-refractivity contribution in [2.24, 2.45) is 0 Å². The first-order valence-electron chi connectivity index (χ1n) is 6.12. The van der Waals surface area contributed by atoms with Crippen LogP contribution in [0.5, 0.6) is 0 Å². The van der Waals surface area contributed by atoms with E-state index in [0.29, 0.717) is 18.2 Å². The number of ether oxygens (including phenoxy) is 1. The number of rotatable bonds is 7. The van der Waals surface area contributed by atoms with Gasteiger partial charge < -0.3 is 19.6 Å². The lowest BCUT2D eigenvalue weighted by Crippen LogP contribution is -2.24. The molecule has 6 heteroatoms. The van der Waals surface area contributed by atoms with E-state index in [1.807, 2.05) is 18.2 Å². The minimum Gasteiger partial charge on any atom is -0.467 e. The highest BCUT2D eigenvalue weighted by Crippen LogP contribution is 2.25. The van der Waals surface area contributed by atoms with Crippen LogP contribution in [0.3, 0.4) is 0 Å². The SMILES string of the molecule is OC(CNc1cc(Br)ccc1Cl)COCc1ccco1. The number of aliphatic hydroxyl groups excluding tert-OH is 1. The summed E-state index contributed by atoms with van der Waals surface area (Å²) < 4.78 is 11.4. The summed E-state index contributed by atoms with van der Waals surface area (Å²) in [6.07, 6.45) is 0.964. The highest BCUT2D eigenvalue weighted by molar-refractivity contribution is 9.10. The summed E-state index contributed by atoms with van der Waals surface area (Å²) in [4.78, 5) is 0. The molecule has 1 unspecified atom stereocenters. The Balaban J connectivity index is 1.71. The summed E-state index contributed by atoms with van der Waals surface area (Å²) >= 11 is 9.41. The first-order chi connectivity index (χ1) is 9.65. The Bertz CT molecular complexity index is 533. The van der Waals surface area contributed by atoms with Crippen LogP contribution < -0.4 is 5.32 Å². The predicted octanol–water partition coefficient (Wildman–Crippen LogP) is 3.69. The molecule has 0 saturated heterocycles. The van der Waals surface area contributed by atoms with E-state index in [4.69, 9.17) is 20.8 Å². The molecule has 1 heterocycles. The lowest BCUT2D eigenvalue weighted by molar-refractivity contribution is 0.0282. The monoisotopic (exact) mass is 359 g/mol. The van der Waals surface area contributed by atoms with Crippen molar-refractivity contribution in [3.8, 4) is 0 Å². The molecule has 2 N–H and O–H groups in total. The van der Waals surface area contributed by atoms with Crippen molar-refractivity contribution in [2.75, 3.05) is 18.5 Å². The Morgan fingerprint density at radius 1 is 1.40 bits per heavy atom. The zero-order valence-corrected chi connectivity index (χ0v) is 13.0. The van der Waals surface area contributed by atoms with Gasteiger partial charge in [0.2, 0.25) is 0 Å². The predicted molar refractivity (Wildman–Crippen MR) is 82.0 cm³/mol. The fourth-order valence-electron chi connectivity index (χ4n) is 1.61. The Kier molecular flexibility index (Phi) is 5.91. The average Bonchev–Trinajstić information content (AvgIpc) is 2.93. The van der Waals surface area contributed by atoms with E-state index in [9.17, 15) is 5.11 Å². The standard InChI is InChI=1S/C14H15BrClNO3/c15-10-3-4-13(16)14(6-10)17-7-11(18)8-19-9-12-2-1-5-20-12/h1-6,11,17-18H,7-9H2. The first kappa shape index (κ1) is 15.4. The number of aliphatic hydroxyl groups is 1. The van der Waals surface area contributed by atoms with E-state index in [0.717, 1.165) is 15.9 Å². The van der Waals surface area contributed by atoms with Crippen LogP contribution in [0, 0.1) is 0 Å². The second-order valence-corrected chi connectivity index (χ2v) is 5.58. The molecule has 0 fully saturated rings. The van der Waals surface area contributed by atoms with Gasteiger partial charge in [-0.3, -0.25) is 0 Å². The summed E-state index contributed by atoms with van der Waals surface area (Å²) in [5.74, 6) is 0.736. The summed E-state index contributed by atoms with van der Waals surface area (Å²) in [5, 5.41) is 13.5. The van der Waals surface area contributed by atoms with Gasteiger partial charge in [-0.15, -0.1) is 0 Å². The van der Waals surface area contributed by atoms with Crippen molar-refractivity contribution in [3.63, 3.8) is 0 Å². The molecule has 1 aromatic heterocycles. The third kappa shape index (κ3) is 4.83. The first-order valence-corrected chi connectivity index (χ1v) is 7.29. The molecule has 0 aliphatic rings. The molecule has 0 aliphatic carbocycles. The van der Waals surface area contributed by atoms with Gasteiger partial charge in [0.1, 0.15) is 12.4 Å². The fraction of sp³-hybridized carbons (Fsp3) is 0.286. The molecular weight excluding hydrogens is 346 g/mol. The van der Waals surface area contributed by atoms with Gasteiger partial charge in [0.05, 0.1) is 29.7 Å². The molecule has 2 rings (SSSR count). The molecule has 108 valence electrons. The Hall–Kier alpha value is -1.01. The van der Waals surface area contributed by atoms with Gasteiger partial charge in [0, 0.05) is 11.0 Å². The molecule has 0 amide bonds. The van der Waals surface area contributed by atoms with Gasteiger partial charge in [-0.25, -0.2) is 0 Å². The normalized spacial score (nSPS) is 12.3. The summed E-state index contributed by atoms with van der Waals surface area (Å²) in [5.41, 5.74) is 0.770. The number of benzene rings is 1. The van der Waals surface area contributed by atoms with E-state index in [1.165, 1.54) is 0 Å². The van der Waals surface area contributed by atoms with Gasteiger partial charge in [0.15, 0.2) is 0 Å². The van der Waals surface area contributed by atoms with Crippen molar-refractivity contribution in [1.82, 2.24) is 0 Å². The van der Waals surface area contributed by atoms with Crippen molar-refractivity contribution in [3.05, 3.63) is 51.9 Å². The van der Waals surface area contributed by atoms with Gasteiger partial charge in [-0.05, 0) is 30.3 Å². The van der Waals surface area contributed by atoms with E-state index in [2.05, 4.69) is 21.2 Å². The van der Waals surface area contributed by atoms with Crippen LogP contribution in [0.1, 0.15) is 5.76 Å². The van der Waals surface area contributed by atoms with Crippen LogP contribution >= 0.6 is 27.5 Å². The number of nitrogens with one attached hydrogen (secondary N) is 1. The largest absolute Gasteiger partial charge is 0.467 e. The third-order valence-corrected chi connectivity index (χ3v) is 3.41. The molecule has 1 atom stereocenters. The molecule has 1 aromatic carbocycles. The molecule has 0 radical (unpaired) electrons. The lowest BCUT2D eigenvalue weighted by Gasteiger charge is -2.14. The minimum atomic E-state index is -0.625. The van der Waals surface area contributed by atoms with Crippen molar-refractivity contribution >= 4 is 33.2 Å². The molecule has 20 heavy (non-hydrogen) atoms. The van der Waals surface area contributed by atoms with Crippen LogP contribution in [0.15, 0.2) is 45.5 Å². The average molecular weight is 361 g/mol. The summed E-state index contributed by atoms with van der Waals surface area (Å²) in [6.45, 7) is 0.926. The van der Waals surface area contributed by atoms with Crippen molar-refractivity contribution < 1.29 is 14.3 Å². The number of hydrogen-bond donors (Lipinski definition) is 2. The molecule has 0 bridgehead atoms. The van der Waals surface area contributed by atoms with Crippen molar-refractivity contribution in [1.29, 1.82) is 0 Å². The van der Waals surface area contributed by atoms with Gasteiger partial charge >= 0.3 is 0 Å². The maximum Gasteiger partial charge on any atom is 0.129 e. The highest BCUT2D eigenvalue weighted by atomic mass is 79.9. The topological polar surface area (TPSA) is 54.6 Å². The molecule has 4 nitrogen and oxygen atoms in total. The lowest BCUT2D eigenvalue weighted by atomic mass is 10.3. The third-order valence-electron chi connectivity index (χ3n) is 2.59. The fourth-order valence-corrected chi connectivity index (χ4v) is 2.16. The maximum absolute atomic E-state index is 9.83. The van der Waals surface area contributed by atoms with Crippen LogP contribution in [0.2, 0.25) is 5.02 Å². The summed E-state index contributed by atoms with van der Waals surface area (Å²) in [6, 6.07) is 9.13. The summed E-state index contributed by atoms with van der Waals surface area (Å²) in [7, 11) is 0. The zero-order chi connectivity index (χ0) is 14.4. The van der Waals surface area contributed by atoms with Crippen LogP contribution in [-0.2, 0) is 11.3 Å². The second-order valence-electron chi connectivity index (χ2n) is 4.25. The number of halogens is 2. The van der Waals surface area contributed by atoms with Gasteiger partial charge in [-0.1, -0.05) is 27.5 Å². The van der Waals surface area contributed by atoms with Crippen molar-refractivity contribution in [2.45, 2.75) is 12.7 Å². The molecule has 0 saturated carbocycles. The quantitative estimate of drug-likeness (QED) is 0.791. The van der Waals surface area contributed by atoms with E-state index in [1.54, 1.807) is 18.4 Å². The van der Waals surface area contributed by atoms with Crippen LogP contribution in [-0.4, -0.2) is 24.4 Å². The van der Waals surface area contributed by atoms with E-state index in [-0.39, 0.29) is 6.61 Å². The van der Waals surface area contributed by atoms with E-state index < -0.39 is 6.10 Å². The number of furan rings is 1. The number of anilines is 1. The van der Waals surface area contributed by atoms with Crippen LogP contribution in [0.4, 0.5) is 5.69 Å². The molecule has 0 spiro atoms. The smallest absolute Gasteiger partial charge is 0.129 e. The Labute approximate surface area is 130 Å². The van der Waals surface area contributed by atoms with Crippen LogP contribution in [0.25, 0.3) is 0 Å². The van der Waals surface area contributed by atoms with E-state index >= 15 is 0 Å². The van der Waals surface area contributed by atoms with Gasteiger partial charge in [-0.2, -0.15) is 0 Å². The van der Waals surface area contributed by atoms with Gasteiger partial charge in [0.25, 0.3) is 0 Å². The second kappa shape index (κ2) is 7.69. The molecule has 2 aromatic rings. The zero-order valence-electron chi connectivity index (χ0n) is 10.7.